The van der Waals surface area contributed by atoms with Gasteiger partial charge < -0.3 is 14.8 Å². The molecule has 2 aromatic carbocycles. The summed E-state index contributed by atoms with van der Waals surface area (Å²) >= 11 is 3.35. The summed E-state index contributed by atoms with van der Waals surface area (Å²) in [6.07, 6.45) is 0. The second kappa shape index (κ2) is 10.1. The number of carbonyl (C=O) groups excluding carboxylic acids is 2. The van der Waals surface area contributed by atoms with Gasteiger partial charge in [0.2, 0.25) is 10.0 Å². The average Bonchev–Trinajstić information content (AvgIpc) is 2.71. The zero-order valence-electron chi connectivity index (χ0n) is 17.0. The van der Waals surface area contributed by atoms with E-state index in [0.717, 1.165) is 14.3 Å². The summed E-state index contributed by atoms with van der Waals surface area (Å²) in [5.74, 6) is -1.20. The van der Waals surface area contributed by atoms with Gasteiger partial charge in [0, 0.05) is 18.6 Å². The van der Waals surface area contributed by atoms with Crippen LogP contribution in [0.25, 0.3) is 0 Å². The Bertz CT molecular complexity index is 1020. The number of benzene rings is 2. The van der Waals surface area contributed by atoms with Crippen molar-refractivity contribution in [2.24, 2.45) is 0 Å². The van der Waals surface area contributed by atoms with E-state index < -0.39 is 28.5 Å². The third-order valence-corrected chi connectivity index (χ3v) is 6.60. The zero-order valence-corrected chi connectivity index (χ0v) is 19.4. The second-order valence-corrected chi connectivity index (χ2v) is 9.61. The largest absolute Gasteiger partial charge is 0.495 e. The van der Waals surface area contributed by atoms with E-state index in [2.05, 4.69) is 21.2 Å². The van der Waals surface area contributed by atoms with E-state index in [1.54, 1.807) is 0 Å². The molecule has 0 aliphatic heterocycles. The molecule has 30 heavy (non-hydrogen) atoms. The van der Waals surface area contributed by atoms with Gasteiger partial charge in [-0.1, -0.05) is 28.1 Å². The van der Waals surface area contributed by atoms with Crippen LogP contribution in [0, 0.1) is 0 Å². The Balaban J connectivity index is 2.05. The molecule has 0 spiro atoms. The maximum atomic E-state index is 12.5. The lowest BCUT2D eigenvalue weighted by molar-refractivity contribution is -0.124. The van der Waals surface area contributed by atoms with Crippen molar-refractivity contribution in [3.8, 4) is 5.75 Å². The van der Waals surface area contributed by atoms with Gasteiger partial charge in [-0.3, -0.25) is 4.79 Å². The highest BCUT2D eigenvalue weighted by molar-refractivity contribution is 9.10. The number of nitrogens with zero attached hydrogens (tertiary/aromatic N) is 1. The van der Waals surface area contributed by atoms with Gasteiger partial charge in [-0.15, -0.1) is 0 Å². The van der Waals surface area contributed by atoms with Gasteiger partial charge in [0.1, 0.15) is 10.6 Å². The Morgan fingerprint density at radius 2 is 1.77 bits per heavy atom. The van der Waals surface area contributed by atoms with E-state index in [-0.39, 0.29) is 22.3 Å². The van der Waals surface area contributed by atoms with Gasteiger partial charge in [0.25, 0.3) is 5.91 Å². The van der Waals surface area contributed by atoms with Gasteiger partial charge in [-0.05, 0) is 42.8 Å². The number of rotatable bonds is 8. The maximum absolute atomic E-state index is 12.5. The van der Waals surface area contributed by atoms with Crippen molar-refractivity contribution in [3.63, 3.8) is 0 Å². The van der Waals surface area contributed by atoms with Crippen molar-refractivity contribution < 1.29 is 27.5 Å². The molecule has 0 radical (unpaired) electrons. The summed E-state index contributed by atoms with van der Waals surface area (Å²) in [7, 11) is 0.237. The Morgan fingerprint density at radius 1 is 1.13 bits per heavy atom. The molecule has 8 nitrogen and oxygen atoms in total. The Kier molecular flexibility index (Phi) is 7.99. The van der Waals surface area contributed by atoms with Crippen molar-refractivity contribution in [1.82, 2.24) is 9.62 Å². The molecule has 0 heterocycles. The van der Waals surface area contributed by atoms with Crippen molar-refractivity contribution in [3.05, 3.63) is 58.1 Å². The number of sulfonamides is 1. The van der Waals surface area contributed by atoms with Crippen LogP contribution in [0.2, 0.25) is 0 Å². The van der Waals surface area contributed by atoms with E-state index in [4.69, 9.17) is 9.47 Å². The van der Waals surface area contributed by atoms with Crippen molar-refractivity contribution in [1.29, 1.82) is 0 Å². The van der Waals surface area contributed by atoms with Crippen LogP contribution in [0.3, 0.4) is 0 Å². The van der Waals surface area contributed by atoms with E-state index in [0.29, 0.717) is 0 Å². The van der Waals surface area contributed by atoms with Crippen LogP contribution in [-0.2, 0) is 19.6 Å². The van der Waals surface area contributed by atoms with Crippen LogP contribution < -0.4 is 10.1 Å². The maximum Gasteiger partial charge on any atom is 0.338 e. The van der Waals surface area contributed by atoms with Crippen molar-refractivity contribution >= 4 is 37.8 Å². The van der Waals surface area contributed by atoms with Crippen LogP contribution in [0.4, 0.5) is 0 Å². The van der Waals surface area contributed by atoms with Crippen molar-refractivity contribution in [2.45, 2.75) is 17.9 Å². The van der Waals surface area contributed by atoms with E-state index in [1.165, 1.54) is 39.4 Å². The first-order chi connectivity index (χ1) is 14.1. The van der Waals surface area contributed by atoms with E-state index in [1.807, 2.05) is 31.2 Å². The quantitative estimate of drug-likeness (QED) is 0.561. The third-order valence-electron chi connectivity index (χ3n) is 4.24. The van der Waals surface area contributed by atoms with E-state index >= 15 is 0 Å². The van der Waals surface area contributed by atoms with Crippen LogP contribution in [0.5, 0.6) is 5.75 Å². The number of ether oxygens (including phenoxy) is 2. The number of methoxy groups -OCH3 is 1. The van der Waals surface area contributed by atoms with Gasteiger partial charge in [0.15, 0.2) is 6.61 Å². The fourth-order valence-corrected chi connectivity index (χ4v) is 3.87. The molecule has 162 valence electrons. The fourth-order valence-electron chi connectivity index (χ4n) is 2.53. The topological polar surface area (TPSA) is 102 Å². The van der Waals surface area contributed by atoms with Crippen LogP contribution in [-0.4, -0.2) is 52.4 Å². The molecule has 2 rings (SSSR count). The predicted octanol–water partition coefficient (Wildman–Crippen LogP) is 2.74. The standard InChI is InChI=1S/C20H23BrN2O6S/c1-13(14-5-8-16(21)9-6-14)22-19(24)12-29-20(25)15-7-10-17(28-4)18(11-15)30(26,27)23(2)3/h5-11,13H,12H2,1-4H3,(H,22,24). The van der Waals surface area contributed by atoms with Gasteiger partial charge >= 0.3 is 5.97 Å². The predicted molar refractivity (Wildman–Crippen MR) is 115 cm³/mol. The number of halogens is 1. The number of carbonyl (C=O) groups is 2. The number of hydrogen-bond donors (Lipinski definition) is 1. The highest BCUT2D eigenvalue weighted by Crippen LogP contribution is 2.27. The Hall–Kier alpha value is -2.43. The molecule has 1 atom stereocenters. The molecular weight excluding hydrogens is 476 g/mol. The second-order valence-electron chi connectivity index (χ2n) is 6.57. The monoisotopic (exact) mass is 498 g/mol. The van der Waals surface area contributed by atoms with Crippen LogP contribution in [0.1, 0.15) is 28.9 Å². The molecule has 1 unspecified atom stereocenters. The van der Waals surface area contributed by atoms with Crippen LogP contribution in [0.15, 0.2) is 51.8 Å². The molecule has 2 aromatic rings. The average molecular weight is 499 g/mol. The number of esters is 1. The normalized spacial score (nSPS) is 12.3. The summed E-state index contributed by atoms with van der Waals surface area (Å²) in [5.41, 5.74) is 0.886. The lowest BCUT2D eigenvalue weighted by atomic mass is 10.1. The SMILES string of the molecule is COc1ccc(C(=O)OCC(=O)NC(C)c2ccc(Br)cc2)cc1S(=O)(=O)N(C)C. The molecule has 0 aliphatic rings. The molecule has 1 N–H and O–H groups in total. The first-order valence-corrected chi connectivity index (χ1v) is 11.1. The molecule has 0 saturated carbocycles. The summed E-state index contributed by atoms with van der Waals surface area (Å²) in [6.45, 7) is 1.31. The molecule has 0 aliphatic carbocycles. The third kappa shape index (κ3) is 5.80. The zero-order chi connectivity index (χ0) is 22.5. The summed E-state index contributed by atoms with van der Waals surface area (Å²) < 4.78 is 37.0. The highest BCUT2D eigenvalue weighted by atomic mass is 79.9. The first kappa shape index (κ1) is 23.8. The molecule has 0 aromatic heterocycles. The first-order valence-electron chi connectivity index (χ1n) is 8.88. The Morgan fingerprint density at radius 3 is 2.33 bits per heavy atom. The van der Waals surface area contributed by atoms with Crippen molar-refractivity contribution in [2.75, 3.05) is 27.8 Å². The minimum absolute atomic E-state index is 0.00927. The summed E-state index contributed by atoms with van der Waals surface area (Å²) in [5, 5.41) is 2.74. The number of nitrogens with one attached hydrogen (secondary N) is 1. The summed E-state index contributed by atoms with van der Waals surface area (Å²) in [6, 6.07) is 11.1. The number of amides is 1. The highest BCUT2D eigenvalue weighted by Gasteiger charge is 2.24. The van der Waals surface area contributed by atoms with Crippen LogP contribution >= 0.6 is 15.9 Å². The Labute approximate surface area is 184 Å². The smallest absolute Gasteiger partial charge is 0.338 e. The minimum atomic E-state index is -3.84. The molecule has 0 fully saturated rings. The number of hydrogen-bond acceptors (Lipinski definition) is 6. The minimum Gasteiger partial charge on any atom is -0.495 e. The molecule has 0 saturated heterocycles. The van der Waals surface area contributed by atoms with Gasteiger partial charge in [0.05, 0.1) is 18.7 Å². The molecular formula is C20H23BrN2O6S. The molecule has 1 amide bonds. The molecule has 10 heteroatoms. The fraction of sp³-hybridized carbons (Fsp3) is 0.300. The van der Waals surface area contributed by atoms with Gasteiger partial charge in [-0.2, -0.15) is 0 Å². The van der Waals surface area contributed by atoms with E-state index in [9.17, 15) is 18.0 Å². The summed E-state index contributed by atoms with van der Waals surface area (Å²) in [4.78, 5) is 24.3. The molecule has 0 bridgehead atoms. The lowest BCUT2D eigenvalue weighted by Gasteiger charge is -2.16. The lowest BCUT2D eigenvalue weighted by Crippen LogP contribution is -2.31. The van der Waals surface area contributed by atoms with Gasteiger partial charge in [-0.25, -0.2) is 17.5 Å².